The zero-order chi connectivity index (χ0) is 20.9. The third kappa shape index (κ3) is 4.97. The van der Waals surface area contributed by atoms with E-state index in [9.17, 15) is 4.79 Å². The van der Waals surface area contributed by atoms with Crippen molar-refractivity contribution in [1.82, 2.24) is 19.8 Å². The highest BCUT2D eigenvalue weighted by Crippen LogP contribution is 2.18. The van der Waals surface area contributed by atoms with Crippen LogP contribution in [0.3, 0.4) is 0 Å². The summed E-state index contributed by atoms with van der Waals surface area (Å²) in [4.78, 5) is 19.3. The highest BCUT2D eigenvalue weighted by Gasteiger charge is 2.16. The van der Waals surface area contributed by atoms with Crippen LogP contribution in [0.2, 0.25) is 0 Å². The van der Waals surface area contributed by atoms with E-state index in [-0.39, 0.29) is 5.91 Å². The van der Waals surface area contributed by atoms with Crippen molar-refractivity contribution in [2.45, 2.75) is 39.8 Å². The van der Waals surface area contributed by atoms with E-state index < -0.39 is 0 Å². The Balaban J connectivity index is 1.30. The molecule has 1 atom stereocenters. The Morgan fingerprint density at radius 2 is 1.83 bits per heavy atom. The van der Waals surface area contributed by atoms with Crippen LogP contribution >= 0.6 is 0 Å². The molecule has 0 unspecified atom stereocenters. The molecule has 156 valence electrons. The molecule has 0 spiro atoms. The van der Waals surface area contributed by atoms with Gasteiger partial charge in [-0.25, -0.2) is 4.98 Å². The Morgan fingerprint density at radius 1 is 1.10 bits per heavy atom. The molecular weight excluding hydrogens is 372 g/mol. The normalized spacial score (nSPS) is 17.1. The van der Waals surface area contributed by atoms with E-state index in [2.05, 4.69) is 34.3 Å². The largest absolute Gasteiger partial charge is 0.348 e. The maximum Gasteiger partial charge on any atom is 0.251 e. The number of benzene rings is 2. The molecule has 0 bridgehead atoms. The summed E-state index contributed by atoms with van der Waals surface area (Å²) < 4.78 is 2.04. The van der Waals surface area contributed by atoms with Gasteiger partial charge in [0.2, 0.25) is 0 Å². The molecule has 5 heteroatoms. The minimum absolute atomic E-state index is 0.0392. The Bertz CT molecular complexity index is 975. The van der Waals surface area contributed by atoms with E-state index in [1.54, 1.807) is 6.20 Å². The first-order chi connectivity index (χ1) is 14.6. The van der Waals surface area contributed by atoms with Crippen LogP contribution in [0.1, 0.15) is 47.1 Å². The first-order valence-electron chi connectivity index (χ1n) is 10.8. The van der Waals surface area contributed by atoms with Gasteiger partial charge in [-0.2, -0.15) is 0 Å². The molecular formula is C25H30N4O. The van der Waals surface area contributed by atoms with E-state index >= 15 is 0 Å². The number of piperidine rings is 1. The Kier molecular flexibility index (Phi) is 6.29. The second kappa shape index (κ2) is 9.26. The molecule has 1 amide bonds. The summed E-state index contributed by atoms with van der Waals surface area (Å²) in [5.74, 6) is 1.69. The van der Waals surface area contributed by atoms with Crippen molar-refractivity contribution in [3.05, 3.63) is 83.4 Å². The zero-order valence-corrected chi connectivity index (χ0v) is 17.8. The summed E-state index contributed by atoms with van der Waals surface area (Å²) in [5, 5.41) is 3.02. The third-order valence-electron chi connectivity index (χ3n) is 5.86. The number of rotatable bonds is 6. The van der Waals surface area contributed by atoms with E-state index in [0.717, 1.165) is 29.5 Å². The lowest BCUT2D eigenvalue weighted by molar-refractivity contribution is 0.0951. The minimum Gasteiger partial charge on any atom is -0.348 e. The number of aryl methyl sites for hydroxylation is 1. The molecule has 0 radical (unpaired) electrons. The van der Waals surface area contributed by atoms with Gasteiger partial charge < -0.3 is 9.88 Å². The third-order valence-corrected chi connectivity index (χ3v) is 5.86. The maximum atomic E-state index is 12.5. The lowest BCUT2D eigenvalue weighted by atomic mass is 9.99. The second-order valence-corrected chi connectivity index (χ2v) is 8.37. The van der Waals surface area contributed by atoms with Gasteiger partial charge in [0, 0.05) is 43.3 Å². The van der Waals surface area contributed by atoms with E-state index in [1.807, 2.05) is 54.1 Å². The standard InChI is InChI=1S/C25H30N4O/c1-19-4-3-14-28(17-19)18-22-5-9-23(10-6-22)25(30)27-16-21-7-11-24(12-8-21)29-15-13-26-20(29)2/h5-13,15,19H,3-4,14,16-18H2,1-2H3,(H,27,30)/t19-/m1/s1. The summed E-state index contributed by atoms with van der Waals surface area (Å²) in [6.07, 6.45) is 6.36. The summed E-state index contributed by atoms with van der Waals surface area (Å²) in [5.41, 5.74) is 4.11. The number of carbonyl (C=O) groups excluding carboxylic acids is 1. The van der Waals surface area contributed by atoms with Crippen molar-refractivity contribution in [2.75, 3.05) is 13.1 Å². The number of hydrogen-bond donors (Lipinski definition) is 1. The van der Waals surface area contributed by atoms with Crippen LogP contribution < -0.4 is 5.32 Å². The first-order valence-corrected chi connectivity index (χ1v) is 10.8. The molecule has 3 aromatic rings. The zero-order valence-electron chi connectivity index (χ0n) is 17.8. The SMILES string of the molecule is Cc1nccn1-c1ccc(CNC(=O)c2ccc(CN3CCC[C@@H](C)C3)cc2)cc1. The molecule has 1 aliphatic rings. The second-order valence-electron chi connectivity index (χ2n) is 8.37. The number of hydrogen-bond acceptors (Lipinski definition) is 3. The fraction of sp³-hybridized carbons (Fsp3) is 0.360. The van der Waals surface area contributed by atoms with Crippen LogP contribution in [-0.4, -0.2) is 33.4 Å². The smallest absolute Gasteiger partial charge is 0.251 e. The number of amides is 1. The minimum atomic E-state index is -0.0392. The van der Waals surface area contributed by atoms with Crippen molar-refractivity contribution >= 4 is 5.91 Å². The van der Waals surface area contributed by atoms with Gasteiger partial charge >= 0.3 is 0 Å². The summed E-state index contributed by atoms with van der Waals surface area (Å²) in [7, 11) is 0. The van der Waals surface area contributed by atoms with Crippen molar-refractivity contribution in [3.8, 4) is 5.69 Å². The lowest BCUT2D eigenvalue weighted by Crippen LogP contribution is -2.33. The Labute approximate surface area is 178 Å². The van der Waals surface area contributed by atoms with Crippen LogP contribution in [-0.2, 0) is 13.1 Å². The Hall–Kier alpha value is -2.92. The van der Waals surface area contributed by atoms with E-state index in [4.69, 9.17) is 0 Å². The maximum absolute atomic E-state index is 12.5. The number of likely N-dealkylation sites (tertiary alicyclic amines) is 1. The van der Waals surface area contributed by atoms with Gasteiger partial charge in [0.25, 0.3) is 5.91 Å². The lowest BCUT2D eigenvalue weighted by Gasteiger charge is -2.30. The average molecular weight is 403 g/mol. The number of aromatic nitrogens is 2. The van der Waals surface area contributed by atoms with Gasteiger partial charge in [-0.3, -0.25) is 9.69 Å². The molecule has 1 saturated heterocycles. The van der Waals surface area contributed by atoms with Crippen molar-refractivity contribution in [2.24, 2.45) is 5.92 Å². The van der Waals surface area contributed by atoms with Gasteiger partial charge in [-0.05, 0) is 67.6 Å². The number of imidazole rings is 1. The molecule has 4 rings (SSSR count). The van der Waals surface area contributed by atoms with Crippen molar-refractivity contribution < 1.29 is 4.79 Å². The molecule has 30 heavy (non-hydrogen) atoms. The molecule has 2 aromatic carbocycles. The number of carbonyl (C=O) groups is 1. The predicted octanol–water partition coefficient (Wildman–Crippen LogP) is 4.34. The molecule has 5 nitrogen and oxygen atoms in total. The van der Waals surface area contributed by atoms with E-state index in [0.29, 0.717) is 12.1 Å². The van der Waals surface area contributed by atoms with Crippen LogP contribution in [0.25, 0.3) is 5.69 Å². The number of nitrogens with one attached hydrogen (secondary N) is 1. The van der Waals surface area contributed by atoms with Gasteiger partial charge in [0.05, 0.1) is 0 Å². The molecule has 1 fully saturated rings. The molecule has 1 aliphatic heterocycles. The fourth-order valence-electron chi connectivity index (χ4n) is 4.16. The quantitative estimate of drug-likeness (QED) is 0.667. The van der Waals surface area contributed by atoms with Gasteiger partial charge in [0.15, 0.2) is 0 Å². The van der Waals surface area contributed by atoms with Crippen LogP contribution in [0, 0.1) is 12.8 Å². The van der Waals surface area contributed by atoms with E-state index in [1.165, 1.54) is 31.5 Å². The first kappa shape index (κ1) is 20.4. The van der Waals surface area contributed by atoms with Crippen molar-refractivity contribution in [3.63, 3.8) is 0 Å². The topological polar surface area (TPSA) is 50.2 Å². The van der Waals surface area contributed by atoms with Crippen LogP contribution in [0.4, 0.5) is 0 Å². The summed E-state index contributed by atoms with van der Waals surface area (Å²) in [6, 6.07) is 16.2. The fourth-order valence-corrected chi connectivity index (χ4v) is 4.16. The molecule has 1 aromatic heterocycles. The van der Waals surface area contributed by atoms with Crippen LogP contribution in [0.15, 0.2) is 60.9 Å². The summed E-state index contributed by atoms with van der Waals surface area (Å²) in [6.45, 7) is 8.12. The highest BCUT2D eigenvalue weighted by molar-refractivity contribution is 5.94. The highest BCUT2D eigenvalue weighted by atomic mass is 16.1. The molecule has 1 N–H and O–H groups in total. The predicted molar refractivity (Wildman–Crippen MR) is 120 cm³/mol. The van der Waals surface area contributed by atoms with Gasteiger partial charge in [0.1, 0.15) is 5.82 Å². The molecule has 0 saturated carbocycles. The monoisotopic (exact) mass is 402 g/mol. The van der Waals surface area contributed by atoms with Crippen LogP contribution in [0.5, 0.6) is 0 Å². The Morgan fingerprint density at radius 3 is 2.50 bits per heavy atom. The average Bonchev–Trinajstić information content (AvgIpc) is 3.19. The molecule has 0 aliphatic carbocycles. The van der Waals surface area contributed by atoms with Gasteiger partial charge in [-0.15, -0.1) is 0 Å². The molecule has 2 heterocycles. The summed E-state index contributed by atoms with van der Waals surface area (Å²) >= 11 is 0. The number of nitrogens with zero attached hydrogens (tertiary/aromatic N) is 3. The van der Waals surface area contributed by atoms with Gasteiger partial charge in [-0.1, -0.05) is 31.2 Å². The van der Waals surface area contributed by atoms with Crippen molar-refractivity contribution in [1.29, 1.82) is 0 Å².